The van der Waals surface area contributed by atoms with E-state index in [1.807, 2.05) is 65.2 Å². The van der Waals surface area contributed by atoms with Crippen LogP contribution in [0, 0.1) is 0 Å². The highest BCUT2D eigenvalue weighted by Gasteiger charge is 2.37. The Morgan fingerprint density at radius 3 is 2.22 bits per heavy atom. The van der Waals surface area contributed by atoms with Gasteiger partial charge in [0.1, 0.15) is 18.1 Å². The summed E-state index contributed by atoms with van der Waals surface area (Å²) in [5.74, 6) is 0.849. The van der Waals surface area contributed by atoms with Crippen molar-refractivity contribution in [2.75, 3.05) is 12.5 Å². The van der Waals surface area contributed by atoms with Crippen LogP contribution < -0.4 is 9.47 Å². The molecule has 214 valence electrons. The molecule has 2 heterocycles. The van der Waals surface area contributed by atoms with E-state index in [2.05, 4.69) is 4.99 Å². The number of nitrogens with zero attached hydrogens (tertiary/aromatic N) is 2. The molecule has 0 radical (unpaired) electrons. The number of allylic oxidation sites excluding steroid dienone is 1. The molecule has 41 heavy (non-hydrogen) atoms. The van der Waals surface area contributed by atoms with Gasteiger partial charge in [-0.1, -0.05) is 30.3 Å². The maximum atomic E-state index is 13.2. The van der Waals surface area contributed by atoms with Gasteiger partial charge in [-0.05, 0) is 60.5 Å². The van der Waals surface area contributed by atoms with Crippen molar-refractivity contribution in [2.45, 2.75) is 31.9 Å². The highest BCUT2D eigenvalue weighted by atomic mass is 32.2. The molecule has 0 bridgehead atoms. The third-order valence-corrected chi connectivity index (χ3v) is 7.16. The molecule has 5 rings (SSSR count). The number of ether oxygens (including phenoxy) is 2. The van der Waals surface area contributed by atoms with E-state index in [4.69, 9.17) is 9.47 Å². The van der Waals surface area contributed by atoms with Crippen LogP contribution in [0.2, 0.25) is 0 Å². The zero-order valence-corrected chi connectivity index (χ0v) is 22.3. The van der Waals surface area contributed by atoms with Gasteiger partial charge >= 0.3 is 12.4 Å². The van der Waals surface area contributed by atoms with Gasteiger partial charge in [0.05, 0.1) is 23.6 Å². The van der Waals surface area contributed by atoms with E-state index >= 15 is 0 Å². The molecule has 0 fully saturated rings. The quantitative estimate of drug-likeness (QED) is 0.144. The van der Waals surface area contributed by atoms with E-state index in [9.17, 15) is 26.3 Å². The summed E-state index contributed by atoms with van der Waals surface area (Å²) >= 11 is 1.59. The van der Waals surface area contributed by atoms with Gasteiger partial charge in [-0.15, -0.1) is 11.8 Å². The average Bonchev–Trinajstić information content (AvgIpc) is 3.57. The van der Waals surface area contributed by atoms with Crippen molar-refractivity contribution in [3.8, 4) is 11.5 Å². The third kappa shape index (κ3) is 7.27. The second kappa shape index (κ2) is 11.9. The molecule has 0 N–H and O–H groups in total. The van der Waals surface area contributed by atoms with Crippen LogP contribution in [0.5, 0.6) is 11.5 Å². The van der Waals surface area contributed by atoms with Crippen LogP contribution in [0.25, 0.3) is 17.0 Å². The van der Waals surface area contributed by atoms with Crippen molar-refractivity contribution in [3.63, 3.8) is 0 Å². The Morgan fingerprint density at radius 1 is 0.829 bits per heavy atom. The molecule has 0 unspecified atom stereocenters. The number of aromatic nitrogens is 1. The van der Waals surface area contributed by atoms with E-state index in [1.165, 1.54) is 0 Å². The van der Waals surface area contributed by atoms with Crippen molar-refractivity contribution in [1.82, 2.24) is 4.57 Å². The largest absolute Gasteiger partial charge is 0.493 e. The van der Waals surface area contributed by atoms with Crippen molar-refractivity contribution in [3.05, 3.63) is 100 Å². The smallest absolute Gasteiger partial charge is 0.416 e. The maximum absolute atomic E-state index is 13.2. The van der Waals surface area contributed by atoms with Crippen molar-refractivity contribution in [2.24, 2.45) is 4.99 Å². The van der Waals surface area contributed by atoms with Gasteiger partial charge in [-0.3, -0.25) is 4.99 Å². The van der Waals surface area contributed by atoms with Crippen molar-refractivity contribution in [1.29, 1.82) is 0 Å². The Hall–Kier alpha value is -3.86. The number of fused-ring (bicyclic) bond motifs is 1. The Bertz CT molecular complexity index is 1540. The predicted octanol–water partition coefficient (Wildman–Crippen LogP) is 8.84. The Balaban J connectivity index is 1.33. The monoisotopic (exact) mass is 590 g/mol. The van der Waals surface area contributed by atoms with Gasteiger partial charge in [-0.2, -0.15) is 26.3 Å². The summed E-state index contributed by atoms with van der Waals surface area (Å²) in [6, 6.07) is 18.8. The Kier molecular flexibility index (Phi) is 8.35. The van der Waals surface area contributed by atoms with E-state index in [1.54, 1.807) is 18.0 Å². The second-order valence-electron chi connectivity index (χ2n) is 9.29. The van der Waals surface area contributed by atoms with Crippen LogP contribution in [0.1, 0.15) is 28.8 Å². The minimum atomic E-state index is -4.93. The lowest BCUT2D eigenvalue weighted by Crippen LogP contribution is -2.12. The van der Waals surface area contributed by atoms with Gasteiger partial charge in [0.2, 0.25) is 0 Å². The first-order chi connectivity index (χ1) is 19.6. The molecule has 3 aromatic carbocycles. The minimum absolute atomic E-state index is 0.0806. The van der Waals surface area contributed by atoms with E-state index < -0.39 is 29.2 Å². The average molecular weight is 591 g/mol. The standard InChI is InChI=1S/C30H24F6N2O2S/c31-29(32,33)22-13-23(30(34,35)36)15-26(14-22)39-10-4-9-38-24(16-27-17-37-19-41-27)11-21-12-25(7-8-28(21)38)40-18-20-5-2-1-3-6-20/h1-3,5-8,11-17H,4,9-10,18-19H2/b27-16+. The highest BCUT2D eigenvalue weighted by Crippen LogP contribution is 2.38. The molecule has 0 amide bonds. The number of thioether (sulfide) groups is 1. The van der Waals surface area contributed by atoms with Gasteiger partial charge in [-0.25, -0.2) is 0 Å². The fraction of sp³-hybridized carbons (Fsp3) is 0.233. The van der Waals surface area contributed by atoms with Crippen LogP contribution in [-0.2, 0) is 25.5 Å². The summed E-state index contributed by atoms with van der Waals surface area (Å²) in [4.78, 5) is 5.21. The van der Waals surface area contributed by atoms with Crippen LogP contribution in [0.4, 0.5) is 26.3 Å². The summed E-state index contributed by atoms with van der Waals surface area (Å²) in [6.45, 7) is 0.752. The van der Waals surface area contributed by atoms with E-state index in [0.717, 1.165) is 27.1 Å². The lowest BCUT2D eigenvalue weighted by atomic mass is 10.1. The second-order valence-corrected chi connectivity index (χ2v) is 10.3. The number of alkyl halides is 6. The lowest BCUT2D eigenvalue weighted by molar-refractivity contribution is -0.143. The fourth-order valence-corrected chi connectivity index (χ4v) is 5.04. The first-order valence-electron chi connectivity index (χ1n) is 12.6. The van der Waals surface area contributed by atoms with Gasteiger partial charge in [0.15, 0.2) is 0 Å². The summed E-state index contributed by atoms with van der Waals surface area (Å²) in [6.07, 6.45) is -5.75. The number of benzene rings is 3. The Morgan fingerprint density at radius 2 is 1.56 bits per heavy atom. The van der Waals surface area contributed by atoms with Gasteiger partial charge in [0, 0.05) is 34.3 Å². The molecule has 4 nitrogen and oxygen atoms in total. The zero-order chi connectivity index (χ0) is 29.0. The van der Waals surface area contributed by atoms with Crippen LogP contribution in [0.15, 0.2) is 82.7 Å². The molecule has 0 saturated carbocycles. The molecular formula is C30H24F6N2O2S. The summed E-state index contributed by atoms with van der Waals surface area (Å²) in [7, 11) is 0. The lowest BCUT2D eigenvalue weighted by Gasteiger charge is -2.15. The minimum Gasteiger partial charge on any atom is -0.493 e. The summed E-state index contributed by atoms with van der Waals surface area (Å²) < 4.78 is 92.5. The maximum Gasteiger partial charge on any atom is 0.416 e. The van der Waals surface area contributed by atoms with Crippen LogP contribution in [-0.4, -0.2) is 23.3 Å². The topological polar surface area (TPSA) is 35.8 Å². The predicted molar refractivity (Wildman–Crippen MR) is 148 cm³/mol. The van der Waals surface area contributed by atoms with Crippen molar-refractivity contribution >= 4 is 35.0 Å². The molecule has 1 aliphatic heterocycles. The van der Waals surface area contributed by atoms with E-state index in [0.29, 0.717) is 43.3 Å². The third-order valence-electron chi connectivity index (χ3n) is 6.32. The first-order valence-corrected chi connectivity index (χ1v) is 13.6. The number of aryl methyl sites for hydroxylation is 1. The molecule has 0 spiro atoms. The normalized spacial score (nSPS) is 14.7. The molecule has 0 saturated heterocycles. The molecule has 11 heteroatoms. The van der Waals surface area contributed by atoms with Crippen molar-refractivity contribution < 1.29 is 35.8 Å². The SMILES string of the molecule is FC(F)(F)c1cc(OCCCn2c(/C=C3\C=NCS3)cc3cc(OCc4ccccc4)ccc32)cc(C(F)(F)F)c1. The molecule has 1 aromatic heterocycles. The molecular weight excluding hydrogens is 566 g/mol. The summed E-state index contributed by atoms with van der Waals surface area (Å²) in [5.41, 5.74) is 0.00956. The molecule has 0 aliphatic carbocycles. The van der Waals surface area contributed by atoms with Crippen LogP contribution >= 0.6 is 11.8 Å². The molecule has 1 aliphatic rings. The number of halogens is 6. The zero-order valence-electron chi connectivity index (χ0n) is 21.5. The number of rotatable bonds is 9. The number of hydrogen-bond donors (Lipinski definition) is 0. The molecule has 4 aromatic rings. The molecule has 0 atom stereocenters. The van der Waals surface area contributed by atoms with Gasteiger partial charge < -0.3 is 14.0 Å². The fourth-order valence-electron chi connectivity index (χ4n) is 4.39. The number of hydrogen-bond acceptors (Lipinski definition) is 4. The van der Waals surface area contributed by atoms with E-state index in [-0.39, 0.29) is 12.7 Å². The van der Waals surface area contributed by atoms with Gasteiger partial charge in [0.25, 0.3) is 0 Å². The van der Waals surface area contributed by atoms with Crippen LogP contribution in [0.3, 0.4) is 0 Å². The highest BCUT2D eigenvalue weighted by molar-refractivity contribution is 8.04. The Labute approximate surface area is 236 Å². The first kappa shape index (κ1) is 28.7. The number of aliphatic imine (C=N–C) groups is 1. The summed E-state index contributed by atoms with van der Waals surface area (Å²) in [5, 5.41) is 0.927.